The number of carboxylic acids is 1. The molecule has 1 saturated carbocycles. The fourth-order valence-electron chi connectivity index (χ4n) is 1.97. The first-order chi connectivity index (χ1) is 8.28. The molecule has 5 nitrogen and oxygen atoms in total. The Kier molecular flexibility index (Phi) is 4.87. The number of hydrogen-bond donors (Lipinski definition) is 1. The van der Waals surface area contributed by atoms with Crippen LogP contribution in [-0.2, 0) is 9.53 Å². The molecule has 0 heterocycles. The second-order valence-corrected chi connectivity index (χ2v) is 5.71. The van der Waals surface area contributed by atoms with Crippen LogP contribution in [0.5, 0.6) is 0 Å². The standard InChI is InChI=1S/C13H21NO4/c1-13(2,3)18-12(17)14-8-9-4-6-10(7-5-9)11(15)16/h8-10H,4-7H2,1-3H3,(H,15,16)/b14-8+. The molecule has 0 spiro atoms. The van der Waals surface area contributed by atoms with Crippen LogP contribution in [0.15, 0.2) is 4.99 Å². The van der Waals surface area contributed by atoms with Gasteiger partial charge in [-0.3, -0.25) is 4.79 Å². The number of carbonyl (C=O) groups is 2. The number of carbonyl (C=O) groups excluding carboxylic acids is 1. The zero-order valence-corrected chi connectivity index (χ0v) is 11.2. The Balaban J connectivity index is 2.36. The van der Waals surface area contributed by atoms with Crippen molar-refractivity contribution < 1.29 is 19.4 Å². The highest BCUT2D eigenvalue weighted by Crippen LogP contribution is 2.27. The minimum Gasteiger partial charge on any atom is -0.481 e. The second kappa shape index (κ2) is 5.98. The molecule has 0 bridgehead atoms. The molecular weight excluding hydrogens is 234 g/mol. The Labute approximate surface area is 107 Å². The molecule has 5 heteroatoms. The summed E-state index contributed by atoms with van der Waals surface area (Å²) in [5.74, 6) is -0.776. The Morgan fingerprint density at radius 1 is 1.22 bits per heavy atom. The van der Waals surface area contributed by atoms with Crippen LogP contribution in [0.4, 0.5) is 4.79 Å². The fraction of sp³-hybridized carbons (Fsp3) is 0.769. The zero-order chi connectivity index (χ0) is 13.8. The van der Waals surface area contributed by atoms with E-state index in [2.05, 4.69) is 4.99 Å². The molecule has 0 aromatic heterocycles. The fourth-order valence-corrected chi connectivity index (χ4v) is 1.97. The molecule has 1 N–H and O–H groups in total. The predicted octanol–water partition coefficient (Wildman–Crippen LogP) is 2.88. The van der Waals surface area contributed by atoms with Crippen LogP contribution >= 0.6 is 0 Å². The summed E-state index contributed by atoms with van der Waals surface area (Å²) in [5, 5.41) is 8.86. The number of aliphatic imine (C=N–C) groups is 1. The van der Waals surface area contributed by atoms with Gasteiger partial charge in [0.05, 0.1) is 5.92 Å². The zero-order valence-electron chi connectivity index (χ0n) is 11.2. The van der Waals surface area contributed by atoms with Crippen LogP contribution < -0.4 is 0 Å². The summed E-state index contributed by atoms with van der Waals surface area (Å²) in [7, 11) is 0. The molecule has 1 aliphatic rings. The lowest BCUT2D eigenvalue weighted by Crippen LogP contribution is -2.24. The van der Waals surface area contributed by atoms with Crippen LogP contribution in [0.1, 0.15) is 46.5 Å². The maximum absolute atomic E-state index is 11.4. The second-order valence-electron chi connectivity index (χ2n) is 5.71. The maximum Gasteiger partial charge on any atom is 0.433 e. The van der Waals surface area contributed by atoms with E-state index in [1.165, 1.54) is 0 Å². The monoisotopic (exact) mass is 255 g/mol. The Bertz CT molecular complexity index is 335. The average Bonchev–Trinajstić information content (AvgIpc) is 2.24. The van der Waals surface area contributed by atoms with E-state index in [0.29, 0.717) is 12.8 Å². The lowest BCUT2D eigenvalue weighted by atomic mass is 9.83. The minimum absolute atomic E-state index is 0.188. The van der Waals surface area contributed by atoms with E-state index < -0.39 is 17.7 Å². The third-order valence-electron chi connectivity index (χ3n) is 2.91. The molecule has 0 aliphatic heterocycles. The van der Waals surface area contributed by atoms with Crippen LogP contribution in [-0.4, -0.2) is 29.0 Å². The topological polar surface area (TPSA) is 76.0 Å². The van der Waals surface area contributed by atoms with Crippen molar-refractivity contribution in [2.45, 2.75) is 52.1 Å². The molecule has 0 aromatic carbocycles. The summed E-state index contributed by atoms with van der Waals surface area (Å²) < 4.78 is 5.06. The number of aliphatic carboxylic acids is 1. The molecule has 0 atom stereocenters. The first-order valence-corrected chi connectivity index (χ1v) is 6.28. The van der Waals surface area contributed by atoms with Crippen LogP contribution in [0.3, 0.4) is 0 Å². The smallest absolute Gasteiger partial charge is 0.433 e. The largest absolute Gasteiger partial charge is 0.481 e. The Morgan fingerprint density at radius 3 is 2.22 bits per heavy atom. The number of nitrogens with zero attached hydrogens (tertiary/aromatic N) is 1. The van der Waals surface area contributed by atoms with Gasteiger partial charge in [-0.15, -0.1) is 0 Å². The molecule has 1 amide bonds. The lowest BCUT2D eigenvalue weighted by molar-refractivity contribution is -0.142. The highest BCUT2D eigenvalue weighted by Gasteiger charge is 2.25. The maximum atomic E-state index is 11.4. The van der Waals surface area contributed by atoms with Crippen molar-refractivity contribution >= 4 is 18.3 Å². The van der Waals surface area contributed by atoms with Gasteiger partial charge in [-0.2, -0.15) is 4.99 Å². The first kappa shape index (κ1) is 14.7. The van der Waals surface area contributed by atoms with Gasteiger partial charge in [0.2, 0.25) is 0 Å². The highest BCUT2D eigenvalue weighted by molar-refractivity contribution is 5.80. The molecule has 0 radical (unpaired) electrons. The number of rotatable bonds is 2. The van der Waals surface area contributed by atoms with Crippen molar-refractivity contribution in [3.8, 4) is 0 Å². The van der Waals surface area contributed by atoms with Crippen molar-refractivity contribution in [3.63, 3.8) is 0 Å². The molecular formula is C13H21NO4. The van der Waals surface area contributed by atoms with E-state index in [0.717, 1.165) is 12.8 Å². The Morgan fingerprint density at radius 2 is 1.78 bits per heavy atom. The molecule has 0 aromatic rings. The quantitative estimate of drug-likeness (QED) is 0.770. The van der Waals surface area contributed by atoms with Crippen molar-refractivity contribution in [1.29, 1.82) is 0 Å². The predicted molar refractivity (Wildman–Crippen MR) is 67.8 cm³/mol. The van der Waals surface area contributed by atoms with E-state index in [-0.39, 0.29) is 11.8 Å². The molecule has 1 fully saturated rings. The minimum atomic E-state index is -0.725. The van der Waals surface area contributed by atoms with Gasteiger partial charge in [-0.25, -0.2) is 4.79 Å². The van der Waals surface area contributed by atoms with E-state index in [9.17, 15) is 9.59 Å². The van der Waals surface area contributed by atoms with Crippen molar-refractivity contribution in [2.24, 2.45) is 16.8 Å². The Hall–Kier alpha value is -1.39. The van der Waals surface area contributed by atoms with Crippen LogP contribution in [0.25, 0.3) is 0 Å². The van der Waals surface area contributed by atoms with Gasteiger partial charge in [0.1, 0.15) is 5.60 Å². The van der Waals surface area contributed by atoms with Crippen LogP contribution in [0, 0.1) is 11.8 Å². The number of carboxylic acid groups (broad SMARTS) is 1. The van der Waals surface area contributed by atoms with Gasteiger partial charge in [0.25, 0.3) is 0 Å². The summed E-state index contributed by atoms with van der Waals surface area (Å²) in [4.78, 5) is 25.9. The summed E-state index contributed by atoms with van der Waals surface area (Å²) in [5.41, 5.74) is -0.532. The highest BCUT2D eigenvalue weighted by atomic mass is 16.6. The number of amides is 1. The first-order valence-electron chi connectivity index (χ1n) is 6.28. The van der Waals surface area contributed by atoms with Gasteiger partial charge in [0.15, 0.2) is 0 Å². The molecule has 1 aliphatic carbocycles. The number of hydrogen-bond acceptors (Lipinski definition) is 3. The summed E-state index contributed by atoms with van der Waals surface area (Å²) in [6.07, 6.45) is 3.86. The summed E-state index contributed by atoms with van der Waals surface area (Å²) in [6.45, 7) is 5.37. The van der Waals surface area contributed by atoms with Crippen LogP contribution in [0.2, 0.25) is 0 Å². The normalized spacial score (nSPS) is 25.1. The van der Waals surface area contributed by atoms with Gasteiger partial charge in [-0.05, 0) is 52.4 Å². The SMILES string of the molecule is CC(C)(C)OC(=O)/N=C/C1CCC(C(=O)O)CC1. The molecule has 102 valence electrons. The van der Waals surface area contributed by atoms with Gasteiger partial charge < -0.3 is 9.84 Å². The molecule has 18 heavy (non-hydrogen) atoms. The van der Waals surface area contributed by atoms with Crippen molar-refractivity contribution in [1.82, 2.24) is 0 Å². The third-order valence-corrected chi connectivity index (χ3v) is 2.91. The molecule has 0 unspecified atom stereocenters. The summed E-state index contributed by atoms with van der Waals surface area (Å²) in [6, 6.07) is 0. The van der Waals surface area contributed by atoms with Crippen molar-refractivity contribution in [3.05, 3.63) is 0 Å². The summed E-state index contributed by atoms with van der Waals surface area (Å²) >= 11 is 0. The van der Waals surface area contributed by atoms with Gasteiger partial charge in [-0.1, -0.05) is 0 Å². The number of ether oxygens (including phenoxy) is 1. The van der Waals surface area contributed by atoms with E-state index in [1.54, 1.807) is 27.0 Å². The third kappa shape index (κ3) is 5.29. The van der Waals surface area contributed by atoms with E-state index in [1.807, 2.05) is 0 Å². The molecule has 0 saturated heterocycles. The van der Waals surface area contributed by atoms with Crippen molar-refractivity contribution in [2.75, 3.05) is 0 Å². The van der Waals surface area contributed by atoms with E-state index in [4.69, 9.17) is 9.84 Å². The average molecular weight is 255 g/mol. The lowest BCUT2D eigenvalue weighted by Gasteiger charge is -2.23. The van der Waals surface area contributed by atoms with Gasteiger partial charge >= 0.3 is 12.1 Å². The van der Waals surface area contributed by atoms with Gasteiger partial charge in [0, 0.05) is 6.21 Å². The molecule has 1 rings (SSSR count). The van der Waals surface area contributed by atoms with E-state index >= 15 is 0 Å².